The third-order valence-corrected chi connectivity index (χ3v) is 1.22. The third-order valence-electron chi connectivity index (χ3n) is 1.22. The minimum absolute atomic E-state index is 0.174. The molecule has 0 radical (unpaired) electrons. The highest BCUT2D eigenvalue weighted by Crippen LogP contribution is 2.02. The summed E-state index contributed by atoms with van der Waals surface area (Å²) < 4.78 is 0. The van der Waals surface area contributed by atoms with Crippen molar-refractivity contribution in [3.8, 4) is 0 Å². The van der Waals surface area contributed by atoms with E-state index >= 15 is 0 Å². The van der Waals surface area contributed by atoms with Crippen LogP contribution >= 0.6 is 0 Å². The van der Waals surface area contributed by atoms with E-state index in [1.807, 2.05) is 0 Å². The van der Waals surface area contributed by atoms with Crippen molar-refractivity contribution in [2.75, 3.05) is 0 Å². The molecule has 0 aromatic carbocycles. The highest BCUT2D eigenvalue weighted by Gasteiger charge is 2.14. The van der Waals surface area contributed by atoms with Crippen molar-refractivity contribution in [3.05, 3.63) is 12.7 Å². The predicted octanol–water partition coefficient (Wildman–Crippen LogP) is -0.335. The second-order valence-corrected chi connectivity index (χ2v) is 2.38. The predicted molar refractivity (Wildman–Crippen MR) is 38.5 cm³/mol. The minimum atomic E-state index is -0.936. The molecule has 0 aliphatic carbocycles. The molecule has 60 valence electrons. The highest BCUT2D eigenvalue weighted by molar-refractivity contribution is 4.84. The Morgan fingerprint density at radius 1 is 1.40 bits per heavy atom. The fraction of sp³-hybridized carbons (Fsp3) is 0.714. The molecule has 0 aliphatic rings. The van der Waals surface area contributed by atoms with Crippen molar-refractivity contribution in [2.45, 2.75) is 31.7 Å². The first-order valence-corrected chi connectivity index (χ1v) is 3.24. The van der Waals surface area contributed by atoms with E-state index in [-0.39, 0.29) is 6.42 Å². The first kappa shape index (κ1) is 9.62. The van der Waals surface area contributed by atoms with Crippen LogP contribution in [0.25, 0.3) is 0 Å². The Hall–Kier alpha value is -0.380. The van der Waals surface area contributed by atoms with Gasteiger partial charge in [0.1, 0.15) is 0 Å². The van der Waals surface area contributed by atoms with Crippen LogP contribution in [0.3, 0.4) is 0 Å². The van der Waals surface area contributed by atoms with Gasteiger partial charge in [-0.05, 0) is 6.92 Å². The fourth-order valence-corrected chi connectivity index (χ4v) is 0.646. The molecule has 3 heteroatoms. The summed E-state index contributed by atoms with van der Waals surface area (Å²) >= 11 is 0. The van der Waals surface area contributed by atoms with E-state index in [0.29, 0.717) is 0 Å². The molecule has 0 bridgehead atoms. The van der Waals surface area contributed by atoms with Crippen LogP contribution in [0.15, 0.2) is 12.7 Å². The van der Waals surface area contributed by atoms with Gasteiger partial charge in [-0.25, -0.2) is 0 Å². The quantitative estimate of drug-likeness (QED) is 0.476. The summed E-state index contributed by atoms with van der Waals surface area (Å²) in [6, 6.07) is 0. The Kier molecular flexibility index (Phi) is 4.27. The molecule has 0 aromatic heterocycles. The molecule has 3 atom stereocenters. The summed E-state index contributed by atoms with van der Waals surface area (Å²) in [7, 11) is 0. The van der Waals surface area contributed by atoms with Gasteiger partial charge in [0.2, 0.25) is 0 Å². The first-order chi connectivity index (χ1) is 4.57. The van der Waals surface area contributed by atoms with Crippen molar-refractivity contribution in [1.29, 1.82) is 0 Å². The molecule has 0 spiro atoms. The van der Waals surface area contributed by atoms with E-state index in [0.717, 1.165) is 0 Å². The second kappa shape index (κ2) is 4.44. The second-order valence-electron chi connectivity index (χ2n) is 2.38. The van der Waals surface area contributed by atoms with Crippen LogP contribution in [0.5, 0.6) is 0 Å². The number of aliphatic hydroxyl groups is 3. The van der Waals surface area contributed by atoms with Crippen molar-refractivity contribution in [1.82, 2.24) is 0 Å². The zero-order valence-electron chi connectivity index (χ0n) is 6.07. The van der Waals surface area contributed by atoms with Gasteiger partial charge in [0, 0.05) is 6.42 Å². The van der Waals surface area contributed by atoms with Crippen LogP contribution in [0.1, 0.15) is 13.3 Å². The number of hydrogen-bond acceptors (Lipinski definition) is 3. The summed E-state index contributed by atoms with van der Waals surface area (Å²) in [5.74, 6) is 0. The molecule has 3 N–H and O–H groups in total. The van der Waals surface area contributed by atoms with Crippen molar-refractivity contribution < 1.29 is 15.3 Å². The Morgan fingerprint density at radius 3 is 2.20 bits per heavy atom. The molecule has 0 saturated carbocycles. The van der Waals surface area contributed by atoms with Gasteiger partial charge in [-0.15, -0.1) is 6.58 Å². The van der Waals surface area contributed by atoms with Crippen molar-refractivity contribution in [3.63, 3.8) is 0 Å². The first-order valence-electron chi connectivity index (χ1n) is 3.24. The summed E-state index contributed by atoms with van der Waals surface area (Å²) in [5, 5.41) is 26.7. The lowest BCUT2D eigenvalue weighted by atomic mass is 10.1. The lowest BCUT2D eigenvalue weighted by molar-refractivity contribution is 0.0144. The highest BCUT2D eigenvalue weighted by atomic mass is 16.3. The van der Waals surface area contributed by atoms with Crippen LogP contribution < -0.4 is 0 Å². The molecule has 0 heterocycles. The normalized spacial score (nSPS) is 19.6. The molecule has 0 unspecified atom stereocenters. The molecule has 0 amide bonds. The van der Waals surface area contributed by atoms with Crippen LogP contribution in [0.2, 0.25) is 0 Å². The molecule has 0 saturated heterocycles. The van der Waals surface area contributed by atoms with Gasteiger partial charge in [-0.1, -0.05) is 6.08 Å². The van der Waals surface area contributed by atoms with Gasteiger partial charge in [0.05, 0.1) is 18.3 Å². The van der Waals surface area contributed by atoms with Crippen molar-refractivity contribution >= 4 is 0 Å². The van der Waals surface area contributed by atoms with E-state index in [4.69, 9.17) is 15.3 Å². The average molecular weight is 146 g/mol. The largest absolute Gasteiger partial charge is 0.393 e. The van der Waals surface area contributed by atoms with Gasteiger partial charge in [-0.2, -0.15) is 0 Å². The molecular weight excluding hydrogens is 132 g/mol. The van der Waals surface area contributed by atoms with Crippen LogP contribution in [0.4, 0.5) is 0 Å². The topological polar surface area (TPSA) is 60.7 Å². The summed E-state index contributed by atoms with van der Waals surface area (Å²) in [5.41, 5.74) is 0. The maximum absolute atomic E-state index is 9.01. The zero-order valence-corrected chi connectivity index (χ0v) is 6.07. The molecule has 0 aromatic rings. The third kappa shape index (κ3) is 3.61. The molecule has 3 nitrogen and oxygen atoms in total. The lowest BCUT2D eigenvalue weighted by Crippen LogP contribution is -2.27. The Bertz CT molecular complexity index is 101. The van der Waals surface area contributed by atoms with Gasteiger partial charge in [0.25, 0.3) is 0 Å². The molecular formula is C7H14O3. The number of rotatable bonds is 4. The molecule has 0 rings (SSSR count). The summed E-state index contributed by atoms with van der Waals surface area (Å²) in [6.45, 7) is 4.85. The van der Waals surface area contributed by atoms with E-state index in [9.17, 15) is 0 Å². The molecule has 10 heavy (non-hydrogen) atoms. The summed E-state index contributed by atoms with van der Waals surface area (Å²) in [4.78, 5) is 0. The zero-order chi connectivity index (χ0) is 8.15. The van der Waals surface area contributed by atoms with Crippen LogP contribution in [0, 0.1) is 0 Å². The smallest absolute Gasteiger partial charge is 0.0978 e. The van der Waals surface area contributed by atoms with Gasteiger partial charge in [-0.3, -0.25) is 0 Å². The van der Waals surface area contributed by atoms with Gasteiger partial charge >= 0.3 is 0 Å². The molecule has 0 fully saturated rings. The minimum Gasteiger partial charge on any atom is -0.393 e. The van der Waals surface area contributed by atoms with E-state index in [2.05, 4.69) is 6.58 Å². The maximum Gasteiger partial charge on any atom is 0.0978 e. The SMILES string of the molecule is C=C[C@@H](O)[C@@H](O)C[C@H](C)O. The van der Waals surface area contributed by atoms with Gasteiger partial charge < -0.3 is 15.3 Å². The van der Waals surface area contributed by atoms with Crippen LogP contribution in [-0.4, -0.2) is 33.6 Å². The van der Waals surface area contributed by atoms with E-state index < -0.39 is 18.3 Å². The maximum atomic E-state index is 9.01. The average Bonchev–Trinajstić information content (AvgIpc) is 1.85. The standard InChI is InChI=1S/C7H14O3/c1-3-6(9)7(10)4-5(2)8/h3,5-10H,1,4H2,2H3/t5-,6+,7-/m0/s1. The Balaban J connectivity index is 3.60. The lowest BCUT2D eigenvalue weighted by Gasteiger charge is -2.15. The monoisotopic (exact) mass is 146 g/mol. The number of hydrogen-bond donors (Lipinski definition) is 3. The van der Waals surface area contributed by atoms with Crippen molar-refractivity contribution in [2.24, 2.45) is 0 Å². The van der Waals surface area contributed by atoms with Crippen LogP contribution in [-0.2, 0) is 0 Å². The Labute approximate surface area is 60.6 Å². The van der Waals surface area contributed by atoms with E-state index in [1.54, 1.807) is 6.92 Å². The fourth-order valence-electron chi connectivity index (χ4n) is 0.646. The molecule has 0 aliphatic heterocycles. The Morgan fingerprint density at radius 2 is 1.90 bits per heavy atom. The summed E-state index contributed by atoms with van der Waals surface area (Å²) in [6.07, 6.45) is -1.02. The van der Waals surface area contributed by atoms with E-state index in [1.165, 1.54) is 6.08 Å². The number of aliphatic hydroxyl groups excluding tert-OH is 3. The van der Waals surface area contributed by atoms with Gasteiger partial charge in [0.15, 0.2) is 0 Å².